The van der Waals surface area contributed by atoms with E-state index in [9.17, 15) is 0 Å². The molecule has 2 atom stereocenters. The predicted molar refractivity (Wildman–Crippen MR) is 51.5 cm³/mol. The normalized spacial score (nSPS) is 24.8. The van der Waals surface area contributed by atoms with Gasteiger partial charge in [0.1, 0.15) is 5.76 Å². The van der Waals surface area contributed by atoms with Crippen LogP contribution in [0.5, 0.6) is 0 Å². The highest BCUT2D eigenvalue weighted by atomic mass is 16.3. The molecule has 1 aromatic rings. The summed E-state index contributed by atoms with van der Waals surface area (Å²) < 4.78 is 5.32. The molecule has 1 saturated heterocycles. The van der Waals surface area contributed by atoms with Crippen molar-refractivity contribution in [1.29, 1.82) is 0 Å². The first-order valence-electron chi connectivity index (χ1n) is 4.86. The van der Waals surface area contributed by atoms with E-state index in [4.69, 9.17) is 4.42 Å². The maximum atomic E-state index is 5.32. The molecular weight excluding hydrogens is 164 g/mol. The van der Waals surface area contributed by atoms with Gasteiger partial charge in [-0.3, -0.25) is 0 Å². The van der Waals surface area contributed by atoms with Crippen molar-refractivity contribution >= 4 is 0 Å². The van der Waals surface area contributed by atoms with Crippen LogP contribution in [-0.2, 0) is 0 Å². The van der Waals surface area contributed by atoms with Gasteiger partial charge in [-0.05, 0) is 32.0 Å². The Hall–Kier alpha value is -0.800. The lowest BCUT2D eigenvalue weighted by atomic mass is 10.2. The van der Waals surface area contributed by atoms with Gasteiger partial charge in [0.15, 0.2) is 0 Å². The number of hydrogen-bond acceptors (Lipinski definition) is 3. The number of furan rings is 1. The van der Waals surface area contributed by atoms with Gasteiger partial charge in [0.2, 0.25) is 0 Å². The summed E-state index contributed by atoms with van der Waals surface area (Å²) in [6.07, 6.45) is 2.94. The quantitative estimate of drug-likeness (QED) is 0.736. The summed E-state index contributed by atoms with van der Waals surface area (Å²) >= 11 is 0. The van der Waals surface area contributed by atoms with E-state index in [1.54, 1.807) is 6.26 Å². The van der Waals surface area contributed by atoms with Crippen LogP contribution >= 0.6 is 0 Å². The van der Waals surface area contributed by atoms with Gasteiger partial charge < -0.3 is 15.1 Å². The van der Waals surface area contributed by atoms with Crippen molar-refractivity contribution in [3.8, 4) is 0 Å². The average molecular weight is 180 g/mol. The Morgan fingerprint density at radius 1 is 1.69 bits per heavy atom. The number of hydrogen-bond donors (Lipinski definition) is 2. The van der Waals surface area contributed by atoms with Crippen LogP contribution in [0.2, 0.25) is 0 Å². The molecule has 3 heteroatoms. The summed E-state index contributed by atoms with van der Waals surface area (Å²) in [6, 6.07) is 4.86. The van der Waals surface area contributed by atoms with E-state index in [0.29, 0.717) is 12.1 Å². The molecule has 2 N–H and O–H groups in total. The van der Waals surface area contributed by atoms with Gasteiger partial charge in [0, 0.05) is 12.6 Å². The Morgan fingerprint density at radius 3 is 3.23 bits per heavy atom. The molecule has 0 bridgehead atoms. The summed E-state index contributed by atoms with van der Waals surface area (Å²) in [5.41, 5.74) is 0. The molecule has 1 aromatic heterocycles. The molecule has 0 radical (unpaired) electrons. The van der Waals surface area contributed by atoms with Gasteiger partial charge in [-0.25, -0.2) is 0 Å². The second kappa shape index (κ2) is 3.94. The summed E-state index contributed by atoms with van der Waals surface area (Å²) in [7, 11) is 0. The third-order valence-corrected chi connectivity index (χ3v) is 2.52. The predicted octanol–water partition coefficient (Wildman–Crippen LogP) is 1.29. The summed E-state index contributed by atoms with van der Waals surface area (Å²) in [5.74, 6) is 1.02. The maximum absolute atomic E-state index is 5.32. The van der Waals surface area contributed by atoms with Gasteiger partial charge in [-0.1, -0.05) is 0 Å². The van der Waals surface area contributed by atoms with E-state index in [1.165, 1.54) is 6.42 Å². The molecule has 0 spiro atoms. The molecule has 72 valence electrons. The van der Waals surface area contributed by atoms with Crippen LogP contribution in [-0.4, -0.2) is 19.1 Å². The largest absolute Gasteiger partial charge is 0.468 e. The fourth-order valence-electron chi connectivity index (χ4n) is 1.77. The van der Waals surface area contributed by atoms with Crippen molar-refractivity contribution in [3.63, 3.8) is 0 Å². The zero-order chi connectivity index (χ0) is 9.10. The zero-order valence-corrected chi connectivity index (χ0v) is 7.92. The fraction of sp³-hybridized carbons (Fsp3) is 0.600. The molecule has 2 rings (SSSR count). The minimum atomic E-state index is 0.319. The first kappa shape index (κ1) is 8.78. The number of rotatable bonds is 3. The highest BCUT2D eigenvalue weighted by molar-refractivity contribution is 5.03. The Labute approximate surface area is 78.5 Å². The van der Waals surface area contributed by atoms with Crippen molar-refractivity contribution in [3.05, 3.63) is 24.2 Å². The van der Waals surface area contributed by atoms with Crippen LogP contribution < -0.4 is 10.6 Å². The Bertz CT molecular complexity index is 239. The molecule has 0 unspecified atom stereocenters. The third-order valence-electron chi connectivity index (χ3n) is 2.52. The van der Waals surface area contributed by atoms with Gasteiger partial charge in [0.05, 0.1) is 12.3 Å². The van der Waals surface area contributed by atoms with Crippen LogP contribution in [0.1, 0.15) is 25.1 Å². The average Bonchev–Trinajstić information content (AvgIpc) is 2.74. The second-order valence-electron chi connectivity index (χ2n) is 3.59. The van der Waals surface area contributed by atoms with E-state index in [2.05, 4.69) is 17.6 Å². The second-order valence-corrected chi connectivity index (χ2v) is 3.59. The Balaban J connectivity index is 1.87. The summed E-state index contributed by atoms with van der Waals surface area (Å²) in [6.45, 7) is 4.34. The Kier molecular flexibility index (Phi) is 2.66. The van der Waals surface area contributed by atoms with E-state index >= 15 is 0 Å². The molecule has 1 fully saturated rings. The molecule has 2 heterocycles. The minimum Gasteiger partial charge on any atom is -0.468 e. The van der Waals surface area contributed by atoms with Crippen LogP contribution in [0.15, 0.2) is 22.8 Å². The smallest absolute Gasteiger partial charge is 0.120 e. The lowest BCUT2D eigenvalue weighted by molar-refractivity contribution is 0.397. The SMILES string of the molecule is C[C@@H](N[C@@H]1CCNC1)c1ccco1. The van der Waals surface area contributed by atoms with E-state index in [-0.39, 0.29) is 0 Å². The molecule has 3 nitrogen and oxygen atoms in total. The van der Waals surface area contributed by atoms with Gasteiger partial charge in [-0.2, -0.15) is 0 Å². The van der Waals surface area contributed by atoms with Crippen molar-refractivity contribution in [2.45, 2.75) is 25.4 Å². The molecule has 0 saturated carbocycles. The van der Waals surface area contributed by atoms with Crippen LogP contribution in [0.4, 0.5) is 0 Å². The summed E-state index contributed by atoms with van der Waals surface area (Å²) in [4.78, 5) is 0. The van der Waals surface area contributed by atoms with Gasteiger partial charge in [0.25, 0.3) is 0 Å². The standard InChI is InChI=1S/C10H16N2O/c1-8(10-3-2-6-13-10)12-9-4-5-11-7-9/h2-3,6,8-9,11-12H,4-5,7H2,1H3/t8-,9-/m1/s1. The zero-order valence-electron chi connectivity index (χ0n) is 7.92. The van der Waals surface area contributed by atoms with Crippen molar-refractivity contribution in [2.75, 3.05) is 13.1 Å². The van der Waals surface area contributed by atoms with Gasteiger partial charge >= 0.3 is 0 Å². The van der Waals surface area contributed by atoms with Crippen LogP contribution in [0.3, 0.4) is 0 Å². The van der Waals surface area contributed by atoms with Crippen molar-refractivity contribution in [2.24, 2.45) is 0 Å². The first-order chi connectivity index (χ1) is 6.36. The van der Waals surface area contributed by atoms with Crippen LogP contribution in [0.25, 0.3) is 0 Å². The van der Waals surface area contributed by atoms with E-state index in [1.807, 2.05) is 12.1 Å². The fourth-order valence-corrected chi connectivity index (χ4v) is 1.77. The third kappa shape index (κ3) is 2.11. The monoisotopic (exact) mass is 180 g/mol. The molecule has 0 amide bonds. The molecule has 0 aromatic carbocycles. The molecule has 1 aliphatic heterocycles. The lowest BCUT2D eigenvalue weighted by Gasteiger charge is -2.16. The lowest BCUT2D eigenvalue weighted by Crippen LogP contribution is -2.32. The van der Waals surface area contributed by atoms with Crippen molar-refractivity contribution in [1.82, 2.24) is 10.6 Å². The topological polar surface area (TPSA) is 37.2 Å². The highest BCUT2D eigenvalue weighted by Gasteiger charge is 2.17. The van der Waals surface area contributed by atoms with E-state index < -0.39 is 0 Å². The minimum absolute atomic E-state index is 0.319. The maximum Gasteiger partial charge on any atom is 0.120 e. The molecular formula is C10H16N2O. The first-order valence-corrected chi connectivity index (χ1v) is 4.86. The molecule has 1 aliphatic rings. The Morgan fingerprint density at radius 2 is 2.62 bits per heavy atom. The van der Waals surface area contributed by atoms with Gasteiger partial charge in [-0.15, -0.1) is 0 Å². The molecule has 0 aliphatic carbocycles. The molecule has 13 heavy (non-hydrogen) atoms. The van der Waals surface area contributed by atoms with E-state index in [0.717, 1.165) is 18.8 Å². The summed E-state index contributed by atoms with van der Waals surface area (Å²) in [5, 5.41) is 6.85. The highest BCUT2D eigenvalue weighted by Crippen LogP contribution is 2.14. The van der Waals surface area contributed by atoms with Crippen LogP contribution in [0, 0.1) is 0 Å². The number of nitrogens with one attached hydrogen (secondary N) is 2. The van der Waals surface area contributed by atoms with Crippen molar-refractivity contribution < 1.29 is 4.42 Å².